The van der Waals surface area contributed by atoms with Crippen molar-refractivity contribution in [2.24, 2.45) is 0 Å². The number of pyridine rings is 2. The van der Waals surface area contributed by atoms with Crippen LogP contribution in [0.15, 0.2) is 78.1 Å². The number of thioether (sulfide) groups is 1. The molecular formula is C27H29N5OS. The van der Waals surface area contributed by atoms with Crippen molar-refractivity contribution in [2.75, 3.05) is 18.0 Å². The van der Waals surface area contributed by atoms with Crippen LogP contribution in [0, 0.1) is 0 Å². The normalized spacial score (nSPS) is 14.2. The fourth-order valence-corrected chi connectivity index (χ4v) is 5.21. The molecule has 0 saturated carbocycles. The molecule has 1 amide bonds. The summed E-state index contributed by atoms with van der Waals surface area (Å²) >= 11 is 1.63. The summed E-state index contributed by atoms with van der Waals surface area (Å²) < 4.78 is 2.01. The van der Waals surface area contributed by atoms with E-state index in [1.165, 1.54) is 25.7 Å². The summed E-state index contributed by atoms with van der Waals surface area (Å²) in [5.41, 5.74) is 3.61. The predicted octanol–water partition coefficient (Wildman–Crippen LogP) is 5.33. The van der Waals surface area contributed by atoms with Crippen molar-refractivity contribution in [3.8, 4) is 0 Å². The Bertz CT molecular complexity index is 1210. The minimum Gasteiger partial charge on any atom is -0.357 e. The van der Waals surface area contributed by atoms with Gasteiger partial charge in [0.25, 0.3) is 5.91 Å². The van der Waals surface area contributed by atoms with Gasteiger partial charge in [-0.05, 0) is 48.7 Å². The summed E-state index contributed by atoms with van der Waals surface area (Å²) in [6.45, 7) is 2.61. The van der Waals surface area contributed by atoms with Crippen LogP contribution in [0.25, 0.3) is 5.65 Å². The van der Waals surface area contributed by atoms with Gasteiger partial charge in [-0.2, -0.15) is 0 Å². The van der Waals surface area contributed by atoms with E-state index in [4.69, 9.17) is 0 Å². The van der Waals surface area contributed by atoms with Crippen LogP contribution in [0.1, 0.15) is 47.3 Å². The van der Waals surface area contributed by atoms with Gasteiger partial charge in [0.1, 0.15) is 11.5 Å². The van der Waals surface area contributed by atoms with E-state index < -0.39 is 0 Å². The van der Waals surface area contributed by atoms with E-state index >= 15 is 0 Å². The van der Waals surface area contributed by atoms with Crippen LogP contribution in [0.3, 0.4) is 0 Å². The molecule has 1 N–H and O–H groups in total. The van der Waals surface area contributed by atoms with Crippen LogP contribution >= 0.6 is 11.8 Å². The predicted molar refractivity (Wildman–Crippen MR) is 137 cm³/mol. The maximum Gasteiger partial charge on any atom is 0.252 e. The number of fused-ring (bicyclic) bond motifs is 1. The molecule has 0 spiro atoms. The molecule has 34 heavy (non-hydrogen) atoms. The third kappa shape index (κ3) is 5.42. The second-order valence-corrected chi connectivity index (χ2v) is 9.61. The van der Waals surface area contributed by atoms with E-state index in [1.807, 2.05) is 65.5 Å². The standard InChI is InChI=1S/C27H29N5OS/c33-27(29-18-21-12-13-25(28-17-21)31-14-6-1-2-7-15-31)23-9-3-4-10-24(23)34-20-22-19-32-16-8-5-11-26(32)30-22/h3-5,8-13,16-17,19H,1-2,6-7,14-15,18,20H2,(H,29,33). The molecule has 7 heteroatoms. The summed E-state index contributed by atoms with van der Waals surface area (Å²) in [5.74, 6) is 1.66. The molecule has 174 valence electrons. The fraction of sp³-hybridized carbons (Fsp3) is 0.296. The molecule has 1 aromatic carbocycles. The first-order valence-electron chi connectivity index (χ1n) is 11.9. The first-order chi connectivity index (χ1) is 16.8. The molecule has 6 nitrogen and oxygen atoms in total. The minimum absolute atomic E-state index is 0.0744. The Kier molecular flexibility index (Phi) is 7.10. The van der Waals surface area contributed by atoms with Gasteiger partial charge < -0.3 is 14.6 Å². The van der Waals surface area contributed by atoms with E-state index in [9.17, 15) is 4.79 Å². The number of hydrogen-bond acceptors (Lipinski definition) is 5. The molecule has 1 aliphatic heterocycles. The van der Waals surface area contributed by atoms with Crippen LogP contribution < -0.4 is 10.2 Å². The molecule has 0 radical (unpaired) electrons. The number of aromatic nitrogens is 3. The maximum absolute atomic E-state index is 13.0. The van der Waals surface area contributed by atoms with Crippen molar-refractivity contribution >= 4 is 29.1 Å². The SMILES string of the molecule is O=C(NCc1ccc(N2CCCCCC2)nc1)c1ccccc1SCc1cn2ccccc2n1. The van der Waals surface area contributed by atoms with Crippen LogP contribution in [0.4, 0.5) is 5.82 Å². The van der Waals surface area contributed by atoms with E-state index in [0.717, 1.165) is 40.7 Å². The number of hydrogen-bond donors (Lipinski definition) is 1. The highest BCUT2D eigenvalue weighted by atomic mass is 32.2. The average Bonchev–Trinajstić information content (AvgIpc) is 3.10. The van der Waals surface area contributed by atoms with Crippen molar-refractivity contribution in [3.63, 3.8) is 0 Å². The zero-order chi connectivity index (χ0) is 23.2. The van der Waals surface area contributed by atoms with Gasteiger partial charge in [0.2, 0.25) is 0 Å². The van der Waals surface area contributed by atoms with Gasteiger partial charge in [-0.1, -0.05) is 37.1 Å². The molecule has 1 saturated heterocycles. The molecular weight excluding hydrogens is 442 g/mol. The number of carbonyl (C=O) groups excluding carboxylic acids is 1. The lowest BCUT2D eigenvalue weighted by atomic mass is 10.2. The smallest absolute Gasteiger partial charge is 0.252 e. The van der Waals surface area contributed by atoms with Gasteiger partial charge in [0.05, 0.1) is 11.3 Å². The zero-order valence-electron chi connectivity index (χ0n) is 19.2. The Hall–Kier alpha value is -3.32. The van der Waals surface area contributed by atoms with Crippen molar-refractivity contribution in [2.45, 2.75) is 42.9 Å². The topological polar surface area (TPSA) is 62.5 Å². The van der Waals surface area contributed by atoms with Crippen LogP contribution in [-0.4, -0.2) is 33.4 Å². The number of carbonyl (C=O) groups is 1. The summed E-state index contributed by atoms with van der Waals surface area (Å²) in [7, 11) is 0. The third-order valence-corrected chi connectivity index (χ3v) is 7.22. The molecule has 3 aromatic heterocycles. The van der Waals surface area contributed by atoms with E-state index in [2.05, 4.69) is 32.3 Å². The van der Waals surface area contributed by atoms with Gasteiger partial charge in [-0.15, -0.1) is 11.8 Å². The van der Waals surface area contributed by atoms with Crippen molar-refractivity contribution in [3.05, 3.63) is 90.0 Å². The van der Waals surface area contributed by atoms with Gasteiger partial charge in [0, 0.05) is 48.9 Å². The van der Waals surface area contributed by atoms with E-state index in [1.54, 1.807) is 11.8 Å². The highest BCUT2D eigenvalue weighted by Gasteiger charge is 2.14. The summed E-state index contributed by atoms with van der Waals surface area (Å²) in [4.78, 5) is 25.6. The molecule has 4 heterocycles. The first-order valence-corrected chi connectivity index (χ1v) is 12.9. The average molecular weight is 472 g/mol. The Morgan fingerprint density at radius 1 is 0.971 bits per heavy atom. The number of imidazole rings is 1. The molecule has 0 unspecified atom stereocenters. The second-order valence-electron chi connectivity index (χ2n) is 8.59. The van der Waals surface area contributed by atoms with Gasteiger partial charge >= 0.3 is 0 Å². The Balaban J connectivity index is 1.19. The molecule has 1 aliphatic rings. The number of rotatable bonds is 7. The van der Waals surface area contributed by atoms with Gasteiger partial charge in [-0.25, -0.2) is 9.97 Å². The molecule has 1 fully saturated rings. The Morgan fingerprint density at radius 3 is 2.59 bits per heavy atom. The number of nitrogens with one attached hydrogen (secondary N) is 1. The van der Waals surface area contributed by atoms with Crippen LogP contribution in [0.2, 0.25) is 0 Å². The number of nitrogens with zero attached hydrogens (tertiary/aromatic N) is 4. The quantitative estimate of drug-likeness (QED) is 0.369. The third-order valence-electron chi connectivity index (χ3n) is 6.11. The summed E-state index contributed by atoms with van der Waals surface area (Å²) in [6, 6.07) is 17.8. The lowest BCUT2D eigenvalue weighted by Crippen LogP contribution is -2.25. The van der Waals surface area contributed by atoms with E-state index in [0.29, 0.717) is 17.9 Å². The molecule has 5 rings (SSSR count). The Morgan fingerprint density at radius 2 is 1.79 bits per heavy atom. The van der Waals surface area contributed by atoms with Crippen molar-refractivity contribution < 1.29 is 4.79 Å². The number of amides is 1. The monoisotopic (exact) mass is 471 g/mol. The largest absolute Gasteiger partial charge is 0.357 e. The van der Waals surface area contributed by atoms with Crippen LogP contribution in [0.5, 0.6) is 0 Å². The second kappa shape index (κ2) is 10.7. The van der Waals surface area contributed by atoms with Gasteiger partial charge in [0.15, 0.2) is 0 Å². The van der Waals surface area contributed by atoms with Crippen molar-refractivity contribution in [1.82, 2.24) is 19.7 Å². The highest BCUT2D eigenvalue weighted by molar-refractivity contribution is 7.98. The maximum atomic E-state index is 13.0. The van der Waals surface area contributed by atoms with Crippen molar-refractivity contribution in [1.29, 1.82) is 0 Å². The molecule has 0 aliphatic carbocycles. The fourth-order valence-electron chi connectivity index (χ4n) is 4.27. The van der Waals surface area contributed by atoms with Gasteiger partial charge in [-0.3, -0.25) is 4.79 Å². The number of benzene rings is 1. The van der Waals surface area contributed by atoms with E-state index in [-0.39, 0.29) is 5.91 Å². The summed E-state index contributed by atoms with van der Waals surface area (Å²) in [6.07, 6.45) is 11.0. The highest BCUT2D eigenvalue weighted by Crippen LogP contribution is 2.26. The van der Waals surface area contributed by atoms with Crippen LogP contribution in [-0.2, 0) is 12.3 Å². The minimum atomic E-state index is -0.0744. The Labute approximate surface area is 204 Å². The molecule has 0 bridgehead atoms. The first kappa shape index (κ1) is 22.5. The molecule has 0 atom stereocenters. The molecule has 4 aromatic rings. The zero-order valence-corrected chi connectivity index (χ0v) is 20.0. The lowest BCUT2D eigenvalue weighted by Gasteiger charge is -2.21. The lowest BCUT2D eigenvalue weighted by molar-refractivity contribution is 0.0948. The number of anilines is 1. The summed E-state index contributed by atoms with van der Waals surface area (Å²) in [5, 5.41) is 3.06.